The van der Waals surface area contributed by atoms with Gasteiger partial charge < -0.3 is 16.4 Å². The van der Waals surface area contributed by atoms with Crippen molar-refractivity contribution in [3.05, 3.63) is 34.4 Å². The fourth-order valence-corrected chi connectivity index (χ4v) is 1.65. The molecule has 0 bridgehead atoms. The zero-order valence-corrected chi connectivity index (χ0v) is 10.8. The van der Waals surface area contributed by atoms with E-state index in [2.05, 4.69) is 10.6 Å². The highest BCUT2D eigenvalue weighted by molar-refractivity contribution is 5.89. The average molecular weight is 266 g/mol. The third kappa shape index (κ3) is 4.92. The molecular weight excluding hydrogens is 248 g/mol. The van der Waals surface area contributed by atoms with E-state index in [0.29, 0.717) is 12.2 Å². The van der Waals surface area contributed by atoms with Crippen LogP contribution in [0.5, 0.6) is 0 Å². The summed E-state index contributed by atoms with van der Waals surface area (Å²) in [5.74, 6) is 0. The van der Waals surface area contributed by atoms with Crippen LogP contribution < -0.4 is 16.4 Å². The van der Waals surface area contributed by atoms with Gasteiger partial charge in [0.05, 0.1) is 4.92 Å². The molecule has 0 radical (unpaired) electrons. The highest BCUT2D eigenvalue weighted by Gasteiger charge is 2.11. The van der Waals surface area contributed by atoms with Gasteiger partial charge in [-0.3, -0.25) is 10.1 Å². The van der Waals surface area contributed by atoms with Crippen LogP contribution in [0.3, 0.4) is 0 Å². The molecule has 0 aliphatic rings. The second-order valence-electron chi connectivity index (χ2n) is 4.13. The number of amides is 2. The Morgan fingerprint density at radius 1 is 1.53 bits per heavy atom. The summed E-state index contributed by atoms with van der Waals surface area (Å²) in [6.45, 7) is 2.36. The molecule has 1 rings (SSSR count). The number of hydrogen-bond acceptors (Lipinski definition) is 4. The lowest BCUT2D eigenvalue weighted by Gasteiger charge is -2.16. The van der Waals surface area contributed by atoms with E-state index in [-0.39, 0.29) is 11.7 Å². The van der Waals surface area contributed by atoms with E-state index in [4.69, 9.17) is 5.73 Å². The molecule has 0 saturated carbocycles. The molecule has 7 heteroatoms. The molecule has 1 atom stereocenters. The van der Waals surface area contributed by atoms with Gasteiger partial charge in [-0.05, 0) is 12.5 Å². The standard InChI is InChI=1S/C12H18N4O3/c1-2-4-10(8-13)15-12(17)14-9-5-3-6-11(7-9)16(18)19/h3,5-7,10H,2,4,8,13H2,1H3,(H2,14,15,17). The maximum atomic E-state index is 11.7. The topological polar surface area (TPSA) is 110 Å². The number of nitro benzene ring substituents is 1. The molecule has 1 aromatic rings. The quantitative estimate of drug-likeness (QED) is 0.539. The lowest BCUT2D eigenvalue weighted by molar-refractivity contribution is -0.384. The highest BCUT2D eigenvalue weighted by Crippen LogP contribution is 2.16. The van der Waals surface area contributed by atoms with Gasteiger partial charge >= 0.3 is 6.03 Å². The minimum absolute atomic E-state index is 0.0678. The van der Waals surface area contributed by atoms with Crippen LogP contribution in [-0.4, -0.2) is 23.5 Å². The van der Waals surface area contributed by atoms with Crippen molar-refractivity contribution in [2.24, 2.45) is 5.73 Å². The Kier molecular flexibility index (Phi) is 5.74. The van der Waals surface area contributed by atoms with Gasteiger partial charge in [0.15, 0.2) is 0 Å². The van der Waals surface area contributed by atoms with Crippen LogP contribution in [0.25, 0.3) is 0 Å². The number of nitrogens with zero attached hydrogens (tertiary/aromatic N) is 1. The van der Waals surface area contributed by atoms with Gasteiger partial charge in [-0.15, -0.1) is 0 Å². The average Bonchev–Trinajstić information content (AvgIpc) is 2.38. The van der Waals surface area contributed by atoms with Crippen molar-refractivity contribution >= 4 is 17.4 Å². The van der Waals surface area contributed by atoms with E-state index >= 15 is 0 Å². The number of rotatable bonds is 6. The van der Waals surface area contributed by atoms with Crippen molar-refractivity contribution in [1.82, 2.24) is 5.32 Å². The van der Waals surface area contributed by atoms with E-state index in [1.165, 1.54) is 18.2 Å². The fourth-order valence-electron chi connectivity index (χ4n) is 1.65. The minimum Gasteiger partial charge on any atom is -0.334 e. The summed E-state index contributed by atoms with van der Waals surface area (Å²) in [5, 5.41) is 15.9. The first kappa shape index (κ1) is 14.9. The number of nitro groups is 1. The van der Waals surface area contributed by atoms with Gasteiger partial charge in [-0.25, -0.2) is 4.79 Å². The van der Waals surface area contributed by atoms with Crippen molar-refractivity contribution in [2.45, 2.75) is 25.8 Å². The van der Waals surface area contributed by atoms with Gasteiger partial charge in [-0.2, -0.15) is 0 Å². The number of carbonyl (C=O) groups is 1. The summed E-state index contributed by atoms with van der Waals surface area (Å²) in [6.07, 6.45) is 1.71. The van der Waals surface area contributed by atoms with Crippen LogP contribution in [0.4, 0.5) is 16.2 Å². The molecule has 4 N–H and O–H groups in total. The zero-order chi connectivity index (χ0) is 14.3. The molecule has 1 aromatic carbocycles. The Morgan fingerprint density at radius 2 is 2.26 bits per heavy atom. The molecule has 0 aliphatic heterocycles. The zero-order valence-electron chi connectivity index (χ0n) is 10.8. The summed E-state index contributed by atoms with van der Waals surface area (Å²) in [6, 6.07) is 5.26. The Morgan fingerprint density at radius 3 is 2.84 bits per heavy atom. The van der Waals surface area contributed by atoms with Crippen LogP contribution in [-0.2, 0) is 0 Å². The number of anilines is 1. The van der Waals surface area contributed by atoms with Gasteiger partial charge in [-0.1, -0.05) is 19.4 Å². The van der Waals surface area contributed by atoms with Crippen molar-refractivity contribution < 1.29 is 9.72 Å². The number of benzene rings is 1. The summed E-state index contributed by atoms with van der Waals surface area (Å²) < 4.78 is 0. The molecule has 0 aliphatic carbocycles. The second kappa shape index (κ2) is 7.32. The van der Waals surface area contributed by atoms with E-state index in [0.717, 1.165) is 12.8 Å². The Hall–Kier alpha value is -2.15. The monoisotopic (exact) mass is 266 g/mol. The molecule has 0 spiro atoms. The number of nitrogens with two attached hydrogens (primary N) is 1. The van der Waals surface area contributed by atoms with Crippen LogP contribution >= 0.6 is 0 Å². The van der Waals surface area contributed by atoms with Crippen molar-refractivity contribution in [2.75, 3.05) is 11.9 Å². The maximum Gasteiger partial charge on any atom is 0.319 e. The number of urea groups is 1. The summed E-state index contributed by atoms with van der Waals surface area (Å²) in [5.41, 5.74) is 5.84. The summed E-state index contributed by atoms with van der Waals surface area (Å²) >= 11 is 0. The molecule has 19 heavy (non-hydrogen) atoms. The van der Waals surface area contributed by atoms with Gasteiger partial charge in [0, 0.05) is 30.4 Å². The van der Waals surface area contributed by atoms with Crippen LogP contribution in [0, 0.1) is 10.1 Å². The first-order valence-corrected chi connectivity index (χ1v) is 6.08. The first-order chi connectivity index (χ1) is 9.06. The van der Waals surface area contributed by atoms with Crippen molar-refractivity contribution in [3.63, 3.8) is 0 Å². The van der Waals surface area contributed by atoms with Crippen LogP contribution in [0.2, 0.25) is 0 Å². The van der Waals surface area contributed by atoms with E-state index < -0.39 is 11.0 Å². The Labute approximate surface area is 111 Å². The molecule has 0 aromatic heterocycles. The molecule has 2 amide bonds. The van der Waals surface area contributed by atoms with E-state index in [1.54, 1.807) is 6.07 Å². The minimum atomic E-state index is -0.511. The van der Waals surface area contributed by atoms with Crippen molar-refractivity contribution in [1.29, 1.82) is 0 Å². The lowest BCUT2D eigenvalue weighted by Crippen LogP contribution is -2.42. The smallest absolute Gasteiger partial charge is 0.319 e. The lowest BCUT2D eigenvalue weighted by atomic mass is 10.2. The fraction of sp³-hybridized carbons (Fsp3) is 0.417. The number of non-ortho nitro benzene ring substituents is 1. The SMILES string of the molecule is CCCC(CN)NC(=O)Nc1cccc([N+](=O)[O-])c1. The Bertz CT molecular complexity index is 450. The molecule has 0 saturated heterocycles. The summed E-state index contributed by atoms with van der Waals surface area (Å²) in [7, 11) is 0. The van der Waals surface area contributed by atoms with Gasteiger partial charge in [0.1, 0.15) is 0 Å². The predicted molar refractivity (Wildman–Crippen MR) is 73.0 cm³/mol. The van der Waals surface area contributed by atoms with Crippen LogP contribution in [0.15, 0.2) is 24.3 Å². The molecule has 104 valence electrons. The normalized spacial score (nSPS) is 11.7. The Balaban J connectivity index is 2.61. The number of hydrogen-bond donors (Lipinski definition) is 3. The van der Waals surface area contributed by atoms with Gasteiger partial charge in [0.2, 0.25) is 0 Å². The van der Waals surface area contributed by atoms with Crippen LogP contribution in [0.1, 0.15) is 19.8 Å². The third-order valence-corrected chi connectivity index (χ3v) is 2.57. The highest BCUT2D eigenvalue weighted by atomic mass is 16.6. The third-order valence-electron chi connectivity index (χ3n) is 2.57. The van der Waals surface area contributed by atoms with Crippen molar-refractivity contribution in [3.8, 4) is 0 Å². The molecule has 1 unspecified atom stereocenters. The van der Waals surface area contributed by atoms with E-state index in [1.807, 2.05) is 6.92 Å². The number of nitrogens with one attached hydrogen (secondary N) is 2. The predicted octanol–water partition coefficient (Wildman–Crippen LogP) is 1.84. The number of carbonyl (C=O) groups excluding carboxylic acids is 1. The second-order valence-corrected chi connectivity index (χ2v) is 4.13. The molecule has 7 nitrogen and oxygen atoms in total. The molecule has 0 heterocycles. The van der Waals surface area contributed by atoms with Gasteiger partial charge in [0.25, 0.3) is 5.69 Å². The molecule has 0 fully saturated rings. The summed E-state index contributed by atoms with van der Waals surface area (Å²) in [4.78, 5) is 21.8. The largest absolute Gasteiger partial charge is 0.334 e. The first-order valence-electron chi connectivity index (χ1n) is 6.08. The van der Waals surface area contributed by atoms with E-state index in [9.17, 15) is 14.9 Å². The maximum absolute atomic E-state index is 11.7. The molecular formula is C12H18N4O3.